The van der Waals surface area contributed by atoms with Crippen LogP contribution in [0.2, 0.25) is 0 Å². The lowest BCUT2D eigenvalue weighted by molar-refractivity contribution is 0.237. The number of hydrazone groups is 1. The van der Waals surface area contributed by atoms with Crippen LogP contribution in [0, 0.1) is 0 Å². The van der Waals surface area contributed by atoms with Crippen LogP contribution in [-0.2, 0) is 0 Å². The van der Waals surface area contributed by atoms with Crippen molar-refractivity contribution >= 4 is 23.1 Å². The van der Waals surface area contributed by atoms with Gasteiger partial charge in [-0.05, 0) is 67.0 Å². The Kier molecular flexibility index (Phi) is 4.03. The Balaban J connectivity index is 1.65. The lowest BCUT2D eigenvalue weighted by atomic mass is 9.91. The molecule has 0 aromatic carbocycles. The molecule has 0 saturated carbocycles. The summed E-state index contributed by atoms with van der Waals surface area (Å²) in [6.45, 7) is 2.15. The Labute approximate surface area is 124 Å². The van der Waals surface area contributed by atoms with E-state index in [9.17, 15) is 0 Å². The van der Waals surface area contributed by atoms with Gasteiger partial charge in [-0.15, -0.1) is 0 Å². The highest BCUT2D eigenvalue weighted by molar-refractivity contribution is 7.08. The Morgan fingerprint density at radius 1 is 1.40 bits per heavy atom. The molecule has 0 amide bonds. The lowest BCUT2D eigenvalue weighted by Gasteiger charge is -2.27. The average Bonchev–Trinajstić information content (AvgIpc) is 3.07. The zero-order chi connectivity index (χ0) is 13.9. The van der Waals surface area contributed by atoms with E-state index in [1.807, 2.05) is 6.21 Å². The first-order valence-electron chi connectivity index (χ1n) is 7.13. The average molecular weight is 287 g/mol. The van der Waals surface area contributed by atoms with E-state index in [4.69, 9.17) is 0 Å². The van der Waals surface area contributed by atoms with Gasteiger partial charge in [-0.2, -0.15) is 16.4 Å². The van der Waals surface area contributed by atoms with E-state index >= 15 is 0 Å². The molecule has 0 N–H and O–H groups in total. The molecule has 1 atom stereocenters. The van der Waals surface area contributed by atoms with Crippen molar-refractivity contribution < 1.29 is 0 Å². The second kappa shape index (κ2) is 5.94. The zero-order valence-electron chi connectivity index (χ0n) is 12.1. The van der Waals surface area contributed by atoms with E-state index in [2.05, 4.69) is 58.1 Å². The number of fused-ring (bicyclic) bond motifs is 1. The van der Waals surface area contributed by atoms with Crippen LogP contribution in [0.5, 0.6) is 0 Å². The number of hydrogen-bond donors (Lipinski definition) is 0. The lowest BCUT2D eigenvalue weighted by Crippen LogP contribution is -2.31. The maximum atomic E-state index is 4.58. The van der Waals surface area contributed by atoms with Crippen LogP contribution < -0.4 is 0 Å². The highest BCUT2D eigenvalue weighted by atomic mass is 32.1. The maximum absolute atomic E-state index is 4.58. The monoisotopic (exact) mass is 287 g/mol. The van der Waals surface area contributed by atoms with Crippen molar-refractivity contribution in [1.82, 2.24) is 9.91 Å². The maximum Gasteiger partial charge on any atom is 0.0775 e. The number of thiophene rings is 1. The van der Waals surface area contributed by atoms with E-state index in [0.717, 1.165) is 25.9 Å². The van der Waals surface area contributed by atoms with Gasteiger partial charge in [0.1, 0.15) is 0 Å². The van der Waals surface area contributed by atoms with E-state index < -0.39 is 0 Å². The summed E-state index contributed by atoms with van der Waals surface area (Å²) < 4.78 is 0. The summed E-state index contributed by atoms with van der Waals surface area (Å²) in [5, 5.41) is 11.2. The number of allylic oxidation sites excluding steroid dienone is 2. The molecular formula is C16H21N3S. The van der Waals surface area contributed by atoms with Crippen molar-refractivity contribution in [2.75, 3.05) is 27.2 Å². The molecule has 3 rings (SSSR count). The molecule has 1 aromatic rings. The molecule has 2 aliphatic rings. The molecule has 20 heavy (non-hydrogen) atoms. The molecule has 0 bridgehead atoms. The van der Waals surface area contributed by atoms with Crippen LogP contribution >= 0.6 is 11.3 Å². The molecule has 0 spiro atoms. The van der Waals surface area contributed by atoms with Crippen LogP contribution in [0.3, 0.4) is 0 Å². The smallest absolute Gasteiger partial charge is 0.0775 e. The fourth-order valence-corrected chi connectivity index (χ4v) is 3.43. The van der Waals surface area contributed by atoms with Crippen molar-refractivity contribution in [3.8, 4) is 0 Å². The van der Waals surface area contributed by atoms with Gasteiger partial charge in [0.15, 0.2) is 0 Å². The first-order valence-corrected chi connectivity index (χ1v) is 8.07. The highest BCUT2D eigenvalue weighted by Crippen LogP contribution is 2.33. The standard InChI is InChI=1S/C16H21N3S/c1-18(2)7-3-8-19-16-10-13(15-6-9-20-12-15)4-5-14(16)11-17-19/h4-6,9,11-12,16H,3,7-8,10H2,1-2H3. The summed E-state index contributed by atoms with van der Waals surface area (Å²) in [4.78, 5) is 2.23. The first-order chi connectivity index (χ1) is 9.74. The van der Waals surface area contributed by atoms with Gasteiger partial charge in [-0.1, -0.05) is 12.2 Å². The summed E-state index contributed by atoms with van der Waals surface area (Å²) in [6.07, 6.45) is 8.75. The fraction of sp³-hybridized carbons (Fsp3) is 0.438. The van der Waals surface area contributed by atoms with Crippen LogP contribution in [0.1, 0.15) is 18.4 Å². The van der Waals surface area contributed by atoms with Gasteiger partial charge in [0.2, 0.25) is 0 Å². The van der Waals surface area contributed by atoms with Crippen LogP contribution in [0.25, 0.3) is 5.57 Å². The predicted molar refractivity (Wildman–Crippen MR) is 87.2 cm³/mol. The van der Waals surface area contributed by atoms with Crippen LogP contribution in [0.4, 0.5) is 0 Å². The van der Waals surface area contributed by atoms with Crippen LogP contribution in [-0.4, -0.2) is 49.4 Å². The first kappa shape index (κ1) is 13.6. The third kappa shape index (κ3) is 2.86. The molecule has 1 aromatic heterocycles. The Bertz CT molecular complexity index is 540. The number of nitrogens with zero attached hydrogens (tertiary/aromatic N) is 3. The number of hydrogen-bond acceptors (Lipinski definition) is 4. The normalized spacial score (nSPS) is 21.1. The van der Waals surface area contributed by atoms with E-state index in [0.29, 0.717) is 6.04 Å². The third-order valence-electron chi connectivity index (χ3n) is 3.87. The molecule has 1 unspecified atom stereocenters. The molecule has 1 aliphatic heterocycles. The minimum absolute atomic E-state index is 0.442. The number of rotatable bonds is 5. The van der Waals surface area contributed by atoms with Gasteiger partial charge in [-0.3, -0.25) is 5.01 Å². The molecule has 0 saturated heterocycles. The van der Waals surface area contributed by atoms with Gasteiger partial charge in [0.25, 0.3) is 0 Å². The molecule has 0 fully saturated rings. The topological polar surface area (TPSA) is 18.8 Å². The van der Waals surface area contributed by atoms with Crippen molar-refractivity contribution in [3.05, 3.63) is 40.1 Å². The summed E-state index contributed by atoms with van der Waals surface area (Å²) in [5.41, 5.74) is 4.15. The fourth-order valence-electron chi connectivity index (χ4n) is 2.75. The van der Waals surface area contributed by atoms with Gasteiger partial charge in [0, 0.05) is 6.54 Å². The Morgan fingerprint density at radius 3 is 3.05 bits per heavy atom. The Hall–Kier alpha value is -1.39. The van der Waals surface area contributed by atoms with Crippen molar-refractivity contribution in [3.63, 3.8) is 0 Å². The molecule has 1 aliphatic carbocycles. The third-order valence-corrected chi connectivity index (χ3v) is 4.56. The Morgan fingerprint density at radius 2 is 2.30 bits per heavy atom. The summed E-state index contributed by atoms with van der Waals surface area (Å²) in [6, 6.07) is 2.65. The SMILES string of the molecule is CN(C)CCCN1N=CC2=CC=C(c3ccsc3)CC21. The highest BCUT2D eigenvalue weighted by Gasteiger charge is 2.28. The van der Waals surface area contributed by atoms with Gasteiger partial charge in [0.05, 0.1) is 12.3 Å². The summed E-state index contributed by atoms with van der Waals surface area (Å²) >= 11 is 1.76. The van der Waals surface area contributed by atoms with Gasteiger partial charge >= 0.3 is 0 Å². The quantitative estimate of drug-likeness (QED) is 0.829. The second-order valence-electron chi connectivity index (χ2n) is 5.65. The minimum Gasteiger partial charge on any atom is -0.309 e. The molecule has 106 valence electrons. The van der Waals surface area contributed by atoms with Gasteiger partial charge in [-0.25, -0.2) is 0 Å². The molecule has 0 radical (unpaired) electrons. The van der Waals surface area contributed by atoms with E-state index in [1.165, 1.54) is 16.7 Å². The predicted octanol–water partition coefficient (Wildman–Crippen LogP) is 3.08. The second-order valence-corrected chi connectivity index (χ2v) is 6.44. The van der Waals surface area contributed by atoms with Gasteiger partial charge < -0.3 is 4.90 Å². The summed E-state index contributed by atoms with van der Waals surface area (Å²) in [5.74, 6) is 0. The van der Waals surface area contributed by atoms with Crippen molar-refractivity contribution in [1.29, 1.82) is 0 Å². The molecular weight excluding hydrogens is 266 g/mol. The van der Waals surface area contributed by atoms with Crippen molar-refractivity contribution in [2.45, 2.75) is 18.9 Å². The largest absolute Gasteiger partial charge is 0.309 e. The molecule has 4 heteroatoms. The van der Waals surface area contributed by atoms with Crippen LogP contribution in [0.15, 0.2) is 39.7 Å². The molecule has 3 nitrogen and oxygen atoms in total. The molecule has 2 heterocycles. The minimum atomic E-state index is 0.442. The van der Waals surface area contributed by atoms with E-state index in [-0.39, 0.29) is 0 Å². The van der Waals surface area contributed by atoms with Crippen molar-refractivity contribution in [2.24, 2.45) is 5.10 Å². The zero-order valence-corrected chi connectivity index (χ0v) is 12.9. The summed E-state index contributed by atoms with van der Waals surface area (Å²) in [7, 11) is 4.24. The van der Waals surface area contributed by atoms with E-state index in [1.54, 1.807) is 11.3 Å².